The molecule has 0 heterocycles. The van der Waals surface area contributed by atoms with Gasteiger partial charge in [0.05, 0.1) is 19.3 Å². The van der Waals surface area contributed by atoms with Gasteiger partial charge in [0.25, 0.3) is 0 Å². The molecule has 1 atom stereocenters. The van der Waals surface area contributed by atoms with E-state index in [0.717, 1.165) is 6.07 Å². The topological polar surface area (TPSA) is 38.7 Å². The first-order valence-corrected chi connectivity index (χ1v) is 5.82. The van der Waals surface area contributed by atoms with Crippen molar-refractivity contribution in [1.82, 2.24) is 0 Å². The zero-order valence-corrected chi connectivity index (χ0v) is 10.4. The maximum absolute atomic E-state index is 13.3. The molecule has 0 saturated carbocycles. The molecular formula is C13H18F2O3. The molecule has 1 N–H and O–H groups in total. The summed E-state index contributed by atoms with van der Waals surface area (Å²) in [6, 6.07) is 3.34. The van der Waals surface area contributed by atoms with Gasteiger partial charge in [-0.25, -0.2) is 8.78 Å². The van der Waals surface area contributed by atoms with Crippen LogP contribution < -0.4 is 0 Å². The van der Waals surface area contributed by atoms with E-state index in [1.54, 1.807) is 7.11 Å². The maximum Gasteiger partial charge on any atom is 0.129 e. The molecule has 0 aliphatic heterocycles. The number of aliphatic hydroxyl groups excluding tert-OH is 1. The molecule has 0 aromatic heterocycles. The normalized spacial score (nSPS) is 12.7. The second kappa shape index (κ2) is 8.13. The molecule has 0 radical (unpaired) electrons. The Kier molecular flexibility index (Phi) is 6.78. The number of hydrogen-bond donors (Lipinski definition) is 1. The molecule has 5 heteroatoms. The summed E-state index contributed by atoms with van der Waals surface area (Å²) in [5.41, 5.74) is 0.306. The minimum absolute atomic E-state index is 0.153. The lowest BCUT2D eigenvalue weighted by Crippen LogP contribution is -2.15. The van der Waals surface area contributed by atoms with Gasteiger partial charge in [-0.2, -0.15) is 0 Å². The number of ether oxygens (including phenoxy) is 2. The monoisotopic (exact) mass is 260 g/mol. The fourth-order valence-electron chi connectivity index (χ4n) is 1.51. The highest BCUT2D eigenvalue weighted by Crippen LogP contribution is 2.12. The number of methoxy groups -OCH3 is 1. The van der Waals surface area contributed by atoms with Crippen LogP contribution in [0.2, 0.25) is 0 Å². The van der Waals surface area contributed by atoms with Crippen LogP contribution in [0.25, 0.3) is 0 Å². The van der Waals surface area contributed by atoms with Crippen molar-refractivity contribution < 1.29 is 23.4 Å². The van der Waals surface area contributed by atoms with Crippen LogP contribution in [0.1, 0.15) is 12.0 Å². The van der Waals surface area contributed by atoms with Crippen LogP contribution in [-0.4, -0.2) is 38.1 Å². The quantitative estimate of drug-likeness (QED) is 0.726. The van der Waals surface area contributed by atoms with E-state index in [2.05, 4.69) is 0 Å². The molecule has 0 spiro atoms. The number of rotatable bonds is 8. The van der Waals surface area contributed by atoms with Crippen molar-refractivity contribution in [2.75, 3.05) is 26.9 Å². The molecule has 102 valence electrons. The highest BCUT2D eigenvalue weighted by Gasteiger charge is 2.10. The lowest BCUT2D eigenvalue weighted by atomic mass is 10.1. The second-order valence-corrected chi connectivity index (χ2v) is 3.99. The number of hydrogen-bond acceptors (Lipinski definition) is 3. The summed E-state index contributed by atoms with van der Waals surface area (Å²) < 4.78 is 36.0. The average molecular weight is 260 g/mol. The minimum atomic E-state index is -0.701. The van der Waals surface area contributed by atoms with Gasteiger partial charge in [-0.3, -0.25) is 0 Å². The third-order valence-corrected chi connectivity index (χ3v) is 2.50. The van der Waals surface area contributed by atoms with Gasteiger partial charge in [0.2, 0.25) is 0 Å². The predicted octanol–water partition coefficient (Wildman–Crippen LogP) is 1.92. The van der Waals surface area contributed by atoms with Crippen molar-refractivity contribution in [3.05, 3.63) is 35.4 Å². The predicted molar refractivity (Wildman–Crippen MR) is 63.4 cm³/mol. The zero-order valence-electron chi connectivity index (χ0n) is 10.4. The Morgan fingerprint density at radius 3 is 2.67 bits per heavy atom. The minimum Gasteiger partial charge on any atom is -0.393 e. The SMILES string of the molecule is COCCOCCC(O)Cc1ccc(F)cc1F. The molecule has 1 unspecified atom stereocenters. The Morgan fingerprint density at radius 1 is 1.22 bits per heavy atom. The first kappa shape index (κ1) is 15.0. The van der Waals surface area contributed by atoms with Gasteiger partial charge in [-0.15, -0.1) is 0 Å². The van der Waals surface area contributed by atoms with Crippen molar-refractivity contribution in [2.24, 2.45) is 0 Å². The lowest BCUT2D eigenvalue weighted by Gasteiger charge is -2.11. The third kappa shape index (κ3) is 5.53. The number of halogens is 2. The van der Waals surface area contributed by atoms with Crippen LogP contribution in [0.3, 0.4) is 0 Å². The van der Waals surface area contributed by atoms with Crippen molar-refractivity contribution in [3.63, 3.8) is 0 Å². The van der Waals surface area contributed by atoms with Crippen LogP contribution in [0, 0.1) is 11.6 Å². The molecule has 0 saturated heterocycles. The maximum atomic E-state index is 13.3. The highest BCUT2D eigenvalue weighted by atomic mass is 19.1. The third-order valence-electron chi connectivity index (χ3n) is 2.50. The van der Waals surface area contributed by atoms with Gasteiger partial charge < -0.3 is 14.6 Å². The Morgan fingerprint density at radius 2 is 2.00 bits per heavy atom. The molecule has 18 heavy (non-hydrogen) atoms. The van der Waals surface area contributed by atoms with E-state index >= 15 is 0 Å². The lowest BCUT2D eigenvalue weighted by molar-refractivity contribution is 0.0477. The Bertz CT molecular complexity index is 358. The smallest absolute Gasteiger partial charge is 0.129 e. The van der Waals surface area contributed by atoms with E-state index < -0.39 is 17.7 Å². The van der Waals surface area contributed by atoms with Gasteiger partial charge >= 0.3 is 0 Å². The van der Waals surface area contributed by atoms with E-state index in [0.29, 0.717) is 31.8 Å². The van der Waals surface area contributed by atoms with Crippen LogP contribution >= 0.6 is 0 Å². The van der Waals surface area contributed by atoms with Gasteiger partial charge in [-0.1, -0.05) is 6.07 Å². The van der Waals surface area contributed by atoms with Gasteiger partial charge in [0, 0.05) is 26.2 Å². The largest absolute Gasteiger partial charge is 0.393 e. The van der Waals surface area contributed by atoms with Crippen molar-refractivity contribution in [3.8, 4) is 0 Å². The Labute approximate surface area is 105 Å². The second-order valence-electron chi connectivity index (χ2n) is 3.99. The molecule has 0 amide bonds. The number of benzene rings is 1. The van der Waals surface area contributed by atoms with E-state index in [-0.39, 0.29) is 6.42 Å². The van der Waals surface area contributed by atoms with Crippen molar-refractivity contribution >= 4 is 0 Å². The molecule has 0 bridgehead atoms. The van der Waals surface area contributed by atoms with Crippen LogP contribution in [0.15, 0.2) is 18.2 Å². The molecule has 1 aromatic rings. The van der Waals surface area contributed by atoms with Crippen molar-refractivity contribution in [1.29, 1.82) is 0 Å². The van der Waals surface area contributed by atoms with Crippen LogP contribution in [-0.2, 0) is 15.9 Å². The first-order chi connectivity index (χ1) is 8.63. The molecule has 1 aromatic carbocycles. The van der Waals surface area contributed by atoms with E-state index in [9.17, 15) is 13.9 Å². The molecule has 0 aliphatic rings. The average Bonchev–Trinajstić information content (AvgIpc) is 2.32. The van der Waals surface area contributed by atoms with Crippen molar-refractivity contribution in [2.45, 2.75) is 18.9 Å². The first-order valence-electron chi connectivity index (χ1n) is 5.82. The summed E-state index contributed by atoms with van der Waals surface area (Å²) in [5.74, 6) is -1.25. The van der Waals surface area contributed by atoms with Gasteiger partial charge in [-0.05, 0) is 18.1 Å². The van der Waals surface area contributed by atoms with E-state index in [4.69, 9.17) is 9.47 Å². The standard InChI is InChI=1S/C13H18F2O3/c1-17-6-7-18-5-4-12(16)8-10-2-3-11(14)9-13(10)15/h2-3,9,12,16H,4-8H2,1H3. The van der Waals surface area contributed by atoms with Crippen LogP contribution in [0.4, 0.5) is 8.78 Å². The van der Waals surface area contributed by atoms with E-state index in [1.807, 2.05) is 0 Å². The van der Waals surface area contributed by atoms with Gasteiger partial charge in [0.1, 0.15) is 11.6 Å². The molecule has 0 fully saturated rings. The zero-order chi connectivity index (χ0) is 13.4. The van der Waals surface area contributed by atoms with Crippen LogP contribution in [0.5, 0.6) is 0 Å². The molecule has 3 nitrogen and oxygen atoms in total. The summed E-state index contributed by atoms with van der Waals surface area (Å²) in [5, 5.41) is 9.68. The van der Waals surface area contributed by atoms with Gasteiger partial charge in [0.15, 0.2) is 0 Å². The summed E-state index contributed by atoms with van der Waals surface area (Å²) in [6.07, 6.45) is -0.146. The number of aliphatic hydroxyl groups is 1. The summed E-state index contributed by atoms with van der Waals surface area (Å²) in [7, 11) is 1.58. The highest BCUT2D eigenvalue weighted by molar-refractivity contribution is 5.19. The van der Waals surface area contributed by atoms with E-state index in [1.165, 1.54) is 12.1 Å². The molecular weight excluding hydrogens is 242 g/mol. The fraction of sp³-hybridized carbons (Fsp3) is 0.538. The Balaban J connectivity index is 2.28. The molecule has 1 rings (SSSR count). The molecule has 0 aliphatic carbocycles. The summed E-state index contributed by atoms with van der Waals surface area (Å²) in [6.45, 7) is 1.35. The summed E-state index contributed by atoms with van der Waals surface area (Å²) in [4.78, 5) is 0. The summed E-state index contributed by atoms with van der Waals surface area (Å²) >= 11 is 0. The Hall–Kier alpha value is -1.04. The fourth-order valence-corrected chi connectivity index (χ4v) is 1.51.